The maximum absolute atomic E-state index is 12.6. The molecule has 6 heteroatoms. The van der Waals surface area contributed by atoms with Crippen molar-refractivity contribution in [3.8, 4) is 0 Å². The van der Waals surface area contributed by atoms with Gasteiger partial charge >= 0.3 is 6.03 Å². The maximum atomic E-state index is 12.6. The van der Waals surface area contributed by atoms with Crippen molar-refractivity contribution in [3.63, 3.8) is 0 Å². The number of nitrogens with zero attached hydrogens (tertiary/aromatic N) is 3. The molecule has 6 rings (SSSR count). The Morgan fingerprint density at radius 1 is 0.629 bits per heavy atom. The monoisotopic (exact) mass is 457 g/mol. The Labute approximate surface area is 202 Å². The Hall–Kier alpha value is -4.71. The number of carbonyl (C=O) groups is 1. The highest BCUT2D eigenvalue weighted by molar-refractivity contribution is 6.23. The lowest BCUT2D eigenvalue weighted by molar-refractivity contribution is 0.262. The summed E-state index contributed by atoms with van der Waals surface area (Å²) < 4.78 is 0. The predicted molar refractivity (Wildman–Crippen MR) is 145 cm³/mol. The molecule has 0 spiro atoms. The number of hydrogen-bond acceptors (Lipinski definition) is 4. The maximum Gasteiger partial charge on any atom is 0.323 e. The number of rotatable bonds is 3. The molecule has 6 aromatic rings. The number of anilines is 3. The Balaban J connectivity index is 1.37. The van der Waals surface area contributed by atoms with Crippen molar-refractivity contribution >= 4 is 66.7 Å². The molecule has 0 unspecified atom stereocenters. The number of aromatic nitrogens is 2. The zero-order valence-corrected chi connectivity index (χ0v) is 19.4. The number of benzene rings is 5. The molecule has 0 saturated heterocycles. The Morgan fingerprint density at radius 3 is 1.74 bits per heavy atom. The van der Waals surface area contributed by atoms with E-state index in [0.717, 1.165) is 55.0 Å². The van der Waals surface area contributed by atoms with Gasteiger partial charge in [-0.05, 0) is 53.2 Å². The van der Waals surface area contributed by atoms with Gasteiger partial charge in [-0.3, -0.25) is 0 Å². The van der Waals surface area contributed by atoms with Gasteiger partial charge in [0.2, 0.25) is 0 Å². The Kier molecular flexibility index (Phi) is 4.92. The molecule has 0 atom stereocenters. The summed E-state index contributed by atoms with van der Waals surface area (Å²) >= 11 is 0. The molecule has 0 fully saturated rings. The van der Waals surface area contributed by atoms with E-state index in [1.54, 1.807) is 0 Å². The minimum atomic E-state index is -0.313. The summed E-state index contributed by atoms with van der Waals surface area (Å²) in [5, 5.41) is 10.2. The number of nitrogens with one attached hydrogen (secondary N) is 2. The smallest absolute Gasteiger partial charge is 0.323 e. The molecule has 2 amide bonds. The molecular formula is C29H23N5O. The second-order valence-electron chi connectivity index (χ2n) is 8.74. The van der Waals surface area contributed by atoms with Crippen molar-refractivity contribution in [1.29, 1.82) is 0 Å². The van der Waals surface area contributed by atoms with Crippen molar-refractivity contribution in [2.45, 2.75) is 0 Å². The van der Waals surface area contributed by atoms with Gasteiger partial charge in [-0.25, -0.2) is 14.8 Å². The van der Waals surface area contributed by atoms with Crippen molar-refractivity contribution in [1.82, 2.24) is 9.97 Å². The van der Waals surface area contributed by atoms with Crippen LogP contribution < -0.4 is 15.5 Å². The lowest BCUT2D eigenvalue weighted by Gasteiger charge is -2.13. The van der Waals surface area contributed by atoms with E-state index in [2.05, 4.69) is 41.0 Å². The fourth-order valence-electron chi connectivity index (χ4n) is 4.49. The SMILES string of the molecule is CN(C)c1ccc(NC(=O)Nc2ccc3nc4c5ccccc5c5ccccc5c4nc3c2)cc1. The molecule has 0 aliphatic carbocycles. The Bertz CT molecular complexity index is 1740. The number of urea groups is 1. The van der Waals surface area contributed by atoms with Crippen LogP contribution in [0.3, 0.4) is 0 Å². The van der Waals surface area contributed by atoms with Crippen LogP contribution in [0.15, 0.2) is 91.0 Å². The minimum absolute atomic E-state index is 0.313. The van der Waals surface area contributed by atoms with Gasteiger partial charge in [-0.15, -0.1) is 0 Å². The van der Waals surface area contributed by atoms with E-state index < -0.39 is 0 Å². The molecule has 1 aromatic heterocycles. The van der Waals surface area contributed by atoms with Gasteiger partial charge in [0.25, 0.3) is 0 Å². The van der Waals surface area contributed by atoms with Crippen molar-refractivity contribution in [2.24, 2.45) is 0 Å². The molecule has 1 heterocycles. The van der Waals surface area contributed by atoms with Crippen LogP contribution in [0.5, 0.6) is 0 Å². The summed E-state index contributed by atoms with van der Waals surface area (Å²) in [5.74, 6) is 0. The zero-order valence-electron chi connectivity index (χ0n) is 19.4. The lowest BCUT2D eigenvalue weighted by Crippen LogP contribution is -2.19. The second kappa shape index (κ2) is 8.25. The third-order valence-electron chi connectivity index (χ3n) is 6.22. The van der Waals surface area contributed by atoms with Crippen molar-refractivity contribution in [2.75, 3.05) is 29.6 Å². The molecular weight excluding hydrogens is 434 g/mol. The minimum Gasteiger partial charge on any atom is -0.378 e. The highest BCUT2D eigenvalue weighted by atomic mass is 16.2. The van der Waals surface area contributed by atoms with Crippen LogP contribution in [-0.4, -0.2) is 30.1 Å². The molecule has 170 valence electrons. The van der Waals surface area contributed by atoms with Crippen LogP contribution in [0.1, 0.15) is 0 Å². The lowest BCUT2D eigenvalue weighted by atomic mass is 9.99. The van der Waals surface area contributed by atoms with Gasteiger partial charge in [-0.2, -0.15) is 0 Å². The number of amides is 2. The molecule has 0 saturated carbocycles. The predicted octanol–water partition coefficient (Wildman–Crippen LogP) is 6.80. The number of fused-ring (bicyclic) bond motifs is 7. The van der Waals surface area contributed by atoms with Crippen molar-refractivity contribution in [3.05, 3.63) is 91.0 Å². The van der Waals surface area contributed by atoms with E-state index >= 15 is 0 Å². The normalized spacial score (nSPS) is 11.3. The summed E-state index contributed by atoms with van der Waals surface area (Å²) in [5.41, 5.74) is 5.68. The van der Waals surface area contributed by atoms with Crippen LogP contribution in [0.25, 0.3) is 43.6 Å². The largest absolute Gasteiger partial charge is 0.378 e. The summed E-state index contributed by atoms with van der Waals surface area (Å²) in [4.78, 5) is 24.6. The van der Waals surface area contributed by atoms with Crippen molar-refractivity contribution < 1.29 is 4.79 Å². The zero-order chi connectivity index (χ0) is 23.9. The van der Waals surface area contributed by atoms with Gasteiger partial charge in [-0.1, -0.05) is 48.5 Å². The van der Waals surface area contributed by atoms with Crippen LogP contribution in [0.2, 0.25) is 0 Å². The van der Waals surface area contributed by atoms with E-state index in [-0.39, 0.29) is 6.03 Å². The molecule has 5 aromatic carbocycles. The van der Waals surface area contributed by atoms with Crippen LogP contribution in [0, 0.1) is 0 Å². The first kappa shape index (κ1) is 20.9. The van der Waals surface area contributed by atoms with E-state index in [1.807, 2.05) is 79.7 Å². The summed E-state index contributed by atoms with van der Waals surface area (Å²) in [7, 11) is 3.96. The molecule has 35 heavy (non-hydrogen) atoms. The molecule has 6 nitrogen and oxygen atoms in total. The highest BCUT2D eigenvalue weighted by Crippen LogP contribution is 2.34. The molecule has 0 bridgehead atoms. The summed E-state index contributed by atoms with van der Waals surface area (Å²) in [6.07, 6.45) is 0. The third kappa shape index (κ3) is 3.75. The van der Waals surface area contributed by atoms with Gasteiger partial charge in [0.15, 0.2) is 0 Å². The molecule has 2 N–H and O–H groups in total. The standard InChI is InChI=1S/C29H23N5O/c1-34(2)20-14-11-18(12-15-20)30-29(35)31-19-13-16-25-26(17-19)33-28-24-10-6-4-8-22(24)21-7-3-5-9-23(21)27(28)32-25/h3-17H,1-2H3,(H2,30,31,35). The fraction of sp³-hybridized carbons (Fsp3) is 0.0690. The average Bonchev–Trinajstić information content (AvgIpc) is 2.88. The van der Waals surface area contributed by atoms with Crippen LogP contribution in [0.4, 0.5) is 21.9 Å². The van der Waals surface area contributed by atoms with E-state index in [4.69, 9.17) is 9.97 Å². The first-order chi connectivity index (χ1) is 17.1. The summed E-state index contributed by atoms with van der Waals surface area (Å²) in [6.45, 7) is 0. The molecule has 0 aliphatic heterocycles. The van der Waals surface area contributed by atoms with Gasteiger partial charge in [0, 0.05) is 41.9 Å². The third-order valence-corrected chi connectivity index (χ3v) is 6.22. The highest BCUT2D eigenvalue weighted by Gasteiger charge is 2.12. The van der Waals surface area contributed by atoms with Crippen LogP contribution >= 0.6 is 0 Å². The average molecular weight is 458 g/mol. The van der Waals surface area contributed by atoms with E-state index in [0.29, 0.717) is 5.69 Å². The fourth-order valence-corrected chi connectivity index (χ4v) is 4.49. The topological polar surface area (TPSA) is 70.2 Å². The molecule has 0 radical (unpaired) electrons. The van der Waals surface area contributed by atoms with E-state index in [1.165, 1.54) is 0 Å². The van der Waals surface area contributed by atoms with Gasteiger partial charge in [0.05, 0.1) is 22.1 Å². The van der Waals surface area contributed by atoms with Gasteiger partial charge in [0.1, 0.15) is 0 Å². The quantitative estimate of drug-likeness (QED) is 0.226. The molecule has 0 aliphatic rings. The van der Waals surface area contributed by atoms with Crippen LogP contribution in [-0.2, 0) is 0 Å². The first-order valence-corrected chi connectivity index (χ1v) is 11.4. The number of carbonyl (C=O) groups excluding carboxylic acids is 1. The van der Waals surface area contributed by atoms with E-state index in [9.17, 15) is 4.79 Å². The second-order valence-corrected chi connectivity index (χ2v) is 8.74. The first-order valence-electron chi connectivity index (χ1n) is 11.4. The Morgan fingerprint density at radius 2 is 1.14 bits per heavy atom. The summed E-state index contributed by atoms with van der Waals surface area (Å²) in [6, 6.07) is 29.5. The number of hydrogen-bond donors (Lipinski definition) is 2. The van der Waals surface area contributed by atoms with Gasteiger partial charge < -0.3 is 15.5 Å².